The molecule has 1 unspecified atom stereocenters. The number of nitrogen functional groups attached to an aromatic ring is 1. The van der Waals surface area contributed by atoms with Gasteiger partial charge in [0.15, 0.2) is 11.5 Å². The molecule has 10 heteroatoms. The van der Waals surface area contributed by atoms with Crippen LogP contribution in [0.2, 0.25) is 0 Å². The summed E-state index contributed by atoms with van der Waals surface area (Å²) < 4.78 is 57.0. The average molecular weight is 491 g/mol. The van der Waals surface area contributed by atoms with E-state index in [1.807, 2.05) is 0 Å². The predicted octanol–water partition coefficient (Wildman–Crippen LogP) is 5.67. The SMILES string of the molecule is COc1cc2nc(C)nc(NC(C)c3cc(N)cc(C(F)(F)F)c3)c2cc1OCCOC1CCC1. The smallest absolute Gasteiger partial charge is 0.416 e. The Hall–Kier alpha value is -3.27. The van der Waals surface area contributed by atoms with Gasteiger partial charge >= 0.3 is 6.18 Å². The maximum Gasteiger partial charge on any atom is 0.416 e. The van der Waals surface area contributed by atoms with E-state index in [0.717, 1.165) is 25.0 Å². The normalized spacial score (nSPS) is 15.0. The molecule has 1 saturated carbocycles. The topological polar surface area (TPSA) is 91.5 Å². The van der Waals surface area contributed by atoms with Gasteiger partial charge in [0, 0.05) is 17.1 Å². The third-order valence-electron chi connectivity index (χ3n) is 6.00. The number of anilines is 2. The third-order valence-corrected chi connectivity index (χ3v) is 6.00. The Morgan fingerprint density at radius 1 is 1.09 bits per heavy atom. The first-order chi connectivity index (χ1) is 16.6. The Morgan fingerprint density at radius 2 is 1.86 bits per heavy atom. The van der Waals surface area contributed by atoms with E-state index >= 15 is 0 Å². The second kappa shape index (κ2) is 10.2. The summed E-state index contributed by atoms with van der Waals surface area (Å²) in [6.45, 7) is 4.31. The minimum absolute atomic E-state index is 0.0387. The van der Waals surface area contributed by atoms with Crippen molar-refractivity contribution in [1.29, 1.82) is 0 Å². The van der Waals surface area contributed by atoms with Crippen molar-refractivity contribution < 1.29 is 27.4 Å². The number of nitrogens with zero attached hydrogens (tertiary/aromatic N) is 2. The Kier molecular flexibility index (Phi) is 7.20. The van der Waals surface area contributed by atoms with Crippen LogP contribution < -0.4 is 20.5 Å². The van der Waals surface area contributed by atoms with Gasteiger partial charge in [-0.3, -0.25) is 0 Å². The molecule has 7 nitrogen and oxygen atoms in total. The van der Waals surface area contributed by atoms with Gasteiger partial charge < -0.3 is 25.3 Å². The van der Waals surface area contributed by atoms with Crippen LogP contribution in [0.5, 0.6) is 11.5 Å². The molecule has 35 heavy (non-hydrogen) atoms. The van der Waals surface area contributed by atoms with Crippen LogP contribution in [0.15, 0.2) is 30.3 Å². The molecule has 0 aliphatic heterocycles. The van der Waals surface area contributed by atoms with Gasteiger partial charge in [0.05, 0.1) is 36.9 Å². The highest BCUT2D eigenvalue weighted by atomic mass is 19.4. The highest BCUT2D eigenvalue weighted by molar-refractivity contribution is 5.92. The first-order valence-electron chi connectivity index (χ1n) is 11.5. The average Bonchev–Trinajstić information content (AvgIpc) is 2.76. The molecule has 1 fully saturated rings. The standard InChI is InChI=1S/C25H29F3N4O3/c1-14(16-9-17(25(26,27)28)11-18(29)10-16)30-24-20-12-23(35-8-7-34-19-5-4-6-19)22(33-3)13-21(20)31-15(2)32-24/h9-14,19H,4-8,29H2,1-3H3,(H,30,31,32). The van der Waals surface area contributed by atoms with Crippen LogP contribution >= 0.6 is 0 Å². The molecule has 1 aliphatic rings. The van der Waals surface area contributed by atoms with Crippen LogP contribution in [0.25, 0.3) is 10.9 Å². The molecule has 1 aliphatic carbocycles. The van der Waals surface area contributed by atoms with Gasteiger partial charge in [-0.25, -0.2) is 9.97 Å². The second-order valence-electron chi connectivity index (χ2n) is 8.66. The van der Waals surface area contributed by atoms with E-state index in [9.17, 15) is 13.2 Å². The molecule has 3 N–H and O–H groups in total. The summed E-state index contributed by atoms with van der Waals surface area (Å²) in [5.41, 5.74) is 6.00. The number of benzene rings is 2. The predicted molar refractivity (Wildman–Crippen MR) is 128 cm³/mol. The fraction of sp³-hybridized carbons (Fsp3) is 0.440. The molecule has 0 spiro atoms. The Morgan fingerprint density at radius 3 is 2.51 bits per heavy atom. The van der Waals surface area contributed by atoms with E-state index in [0.29, 0.717) is 58.9 Å². The number of hydrogen-bond acceptors (Lipinski definition) is 7. The number of hydrogen-bond donors (Lipinski definition) is 2. The zero-order valence-corrected chi connectivity index (χ0v) is 19.9. The maximum atomic E-state index is 13.3. The molecule has 1 aromatic heterocycles. The van der Waals surface area contributed by atoms with Crippen molar-refractivity contribution in [2.24, 2.45) is 0 Å². The minimum atomic E-state index is -4.49. The fourth-order valence-electron chi connectivity index (χ4n) is 3.92. The van der Waals surface area contributed by atoms with Gasteiger partial charge in [0.25, 0.3) is 0 Å². The summed E-state index contributed by atoms with van der Waals surface area (Å²) in [5.74, 6) is 1.99. The number of nitrogens with two attached hydrogens (primary N) is 1. The molecule has 0 amide bonds. The van der Waals surface area contributed by atoms with Crippen molar-refractivity contribution in [2.75, 3.05) is 31.4 Å². The summed E-state index contributed by atoms with van der Waals surface area (Å²) in [6, 6.07) is 6.54. The first kappa shape index (κ1) is 24.8. The van der Waals surface area contributed by atoms with Crippen molar-refractivity contribution in [1.82, 2.24) is 9.97 Å². The molecule has 1 atom stereocenters. The van der Waals surface area contributed by atoms with Crippen LogP contribution in [0.4, 0.5) is 24.7 Å². The molecule has 2 aromatic carbocycles. The Labute approximate surface area is 201 Å². The lowest BCUT2D eigenvalue weighted by Gasteiger charge is -2.25. The molecule has 3 aromatic rings. The van der Waals surface area contributed by atoms with Crippen molar-refractivity contribution in [2.45, 2.75) is 51.4 Å². The maximum absolute atomic E-state index is 13.3. The number of aryl methyl sites for hydroxylation is 1. The Bertz CT molecular complexity index is 1200. The number of nitrogens with one attached hydrogen (secondary N) is 1. The highest BCUT2D eigenvalue weighted by Crippen LogP contribution is 2.37. The summed E-state index contributed by atoms with van der Waals surface area (Å²) in [6.07, 6.45) is -0.810. The van der Waals surface area contributed by atoms with Gasteiger partial charge in [-0.15, -0.1) is 0 Å². The van der Waals surface area contributed by atoms with Gasteiger partial charge in [-0.1, -0.05) is 0 Å². The first-order valence-corrected chi connectivity index (χ1v) is 11.5. The van der Waals surface area contributed by atoms with E-state index in [1.165, 1.54) is 12.5 Å². The Balaban J connectivity index is 1.60. The number of alkyl halides is 3. The summed E-state index contributed by atoms with van der Waals surface area (Å²) in [7, 11) is 1.55. The van der Waals surface area contributed by atoms with E-state index in [4.69, 9.17) is 19.9 Å². The van der Waals surface area contributed by atoms with E-state index in [1.54, 1.807) is 33.1 Å². The lowest BCUT2D eigenvalue weighted by molar-refractivity contribution is -0.137. The number of halogens is 3. The number of aromatic nitrogens is 2. The van der Waals surface area contributed by atoms with Crippen molar-refractivity contribution >= 4 is 22.4 Å². The summed E-state index contributed by atoms with van der Waals surface area (Å²) in [4.78, 5) is 8.98. The number of rotatable bonds is 9. The molecule has 0 radical (unpaired) electrons. The molecule has 188 valence electrons. The van der Waals surface area contributed by atoms with Crippen molar-refractivity contribution in [3.8, 4) is 11.5 Å². The van der Waals surface area contributed by atoms with Gasteiger partial charge in [0.1, 0.15) is 18.2 Å². The highest BCUT2D eigenvalue weighted by Gasteiger charge is 2.31. The number of methoxy groups -OCH3 is 1. The van der Waals surface area contributed by atoms with Crippen molar-refractivity contribution in [3.63, 3.8) is 0 Å². The molecular weight excluding hydrogens is 461 g/mol. The molecule has 0 bridgehead atoms. The van der Waals surface area contributed by atoms with E-state index in [-0.39, 0.29) is 5.69 Å². The van der Waals surface area contributed by atoms with E-state index in [2.05, 4.69) is 15.3 Å². The largest absolute Gasteiger partial charge is 0.493 e. The minimum Gasteiger partial charge on any atom is -0.493 e. The zero-order chi connectivity index (χ0) is 25.2. The van der Waals surface area contributed by atoms with Gasteiger partial charge in [0.2, 0.25) is 0 Å². The van der Waals surface area contributed by atoms with Gasteiger partial charge in [-0.05, 0) is 62.9 Å². The number of ether oxygens (including phenoxy) is 3. The quantitative estimate of drug-likeness (QED) is 0.295. The zero-order valence-electron chi connectivity index (χ0n) is 19.9. The van der Waals surface area contributed by atoms with E-state index < -0.39 is 17.8 Å². The molecule has 0 saturated heterocycles. The van der Waals surface area contributed by atoms with Crippen LogP contribution in [0, 0.1) is 6.92 Å². The van der Waals surface area contributed by atoms with Crippen LogP contribution in [0.1, 0.15) is 49.2 Å². The third kappa shape index (κ3) is 5.87. The fourth-order valence-corrected chi connectivity index (χ4v) is 3.92. The molecule has 4 rings (SSSR count). The second-order valence-corrected chi connectivity index (χ2v) is 8.66. The van der Waals surface area contributed by atoms with Crippen LogP contribution in [0.3, 0.4) is 0 Å². The number of fused-ring (bicyclic) bond motifs is 1. The molecular formula is C25H29F3N4O3. The summed E-state index contributed by atoms with van der Waals surface area (Å²) in [5, 5.41) is 3.87. The van der Waals surface area contributed by atoms with Crippen LogP contribution in [-0.4, -0.2) is 36.4 Å². The molecule has 1 heterocycles. The summed E-state index contributed by atoms with van der Waals surface area (Å²) >= 11 is 0. The van der Waals surface area contributed by atoms with Crippen molar-refractivity contribution in [3.05, 3.63) is 47.3 Å². The lowest BCUT2D eigenvalue weighted by Crippen LogP contribution is -2.23. The van der Waals surface area contributed by atoms with Gasteiger partial charge in [-0.2, -0.15) is 13.2 Å². The van der Waals surface area contributed by atoms with Crippen LogP contribution in [-0.2, 0) is 10.9 Å². The monoisotopic (exact) mass is 490 g/mol. The lowest BCUT2D eigenvalue weighted by atomic mass is 9.96.